The molecule has 3 atom stereocenters. The van der Waals surface area contributed by atoms with Crippen molar-refractivity contribution >= 4 is 17.6 Å². The maximum absolute atomic E-state index is 12.4. The van der Waals surface area contributed by atoms with Gasteiger partial charge in [0.05, 0.1) is 30.3 Å². The van der Waals surface area contributed by atoms with Crippen LogP contribution >= 0.6 is 0 Å². The predicted molar refractivity (Wildman–Crippen MR) is 72.7 cm³/mol. The van der Waals surface area contributed by atoms with E-state index in [9.17, 15) is 9.59 Å². The SMILES string of the molecule is O=C1OCC[C@H]2C=CC[C@@H](C(=O)Nc3cccnc3)[C@@H]12. The molecule has 0 saturated carbocycles. The van der Waals surface area contributed by atoms with Crippen molar-refractivity contribution in [2.45, 2.75) is 12.8 Å². The van der Waals surface area contributed by atoms with Gasteiger partial charge in [0.25, 0.3) is 0 Å². The fourth-order valence-electron chi connectivity index (χ4n) is 2.91. The Kier molecular flexibility index (Phi) is 3.50. The molecule has 1 aromatic rings. The summed E-state index contributed by atoms with van der Waals surface area (Å²) < 4.78 is 5.11. The van der Waals surface area contributed by atoms with Crippen molar-refractivity contribution in [3.63, 3.8) is 0 Å². The molecule has 1 fully saturated rings. The van der Waals surface area contributed by atoms with Crippen LogP contribution in [0.4, 0.5) is 5.69 Å². The normalized spacial score (nSPS) is 28.4. The highest BCUT2D eigenvalue weighted by atomic mass is 16.5. The standard InChI is InChI=1S/C15H16N2O3/c18-14(17-11-4-2-7-16-9-11)12-5-1-3-10-6-8-20-15(19)13(10)12/h1-4,7,9-10,12-13H,5-6,8H2,(H,17,18)/t10-,12-,13+/m1/s1. The zero-order valence-corrected chi connectivity index (χ0v) is 11.0. The fourth-order valence-corrected chi connectivity index (χ4v) is 2.91. The molecular weight excluding hydrogens is 256 g/mol. The minimum Gasteiger partial charge on any atom is -0.465 e. The summed E-state index contributed by atoms with van der Waals surface area (Å²) in [4.78, 5) is 28.3. The Labute approximate surface area is 117 Å². The van der Waals surface area contributed by atoms with Crippen molar-refractivity contribution in [3.05, 3.63) is 36.7 Å². The Hall–Kier alpha value is -2.17. The Balaban J connectivity index is 1.77. The summed E-state index contributed by atoms with van der Waals surface area (Å²) in [5.41, 5.74) is 0.646. The molecule has 20 heavy (non-hydrogen) atoms. The van der Waals surface area contributed by atoms with Gasteiger partial charge in [0.2, 0.25) is 5.91 Å². The predicted octanol–water partition coefficient (Wildman–Crippen LogP) is 1.78. The van der Waals surface area contributed by atoms with Gasteiger partial charge in [-0.2, -0.15) is 0 Å². The van der Waals surface area contributed by atoms with Gasteiger partial charge in [-0.25, -0.2) is 0 Å². The van der Waals surface area contributed by atoms with Crippen LogP contribution in [-0.2, 0) is 14.3 Å². The molecule has 2 heterocycles. The van der Waals surface area contributed by atoms with Crippen LogP contribution in [0.5, 0.6) is 0 Å². The van der Waals surface area contributed by atoms with Gasteiger partial charge in [-0.05, 0) is 30.9 Å². The number of hydrogen-bond donors (Lipinski definition) is 1. The van der Waals surface area contributed by atoms with E-state index in [1.165, 1.54) is 0 Å². The van der Waals surface area contributed by atoms with Gasteiger partial charge in [-0.1, -0.05) is 12.2 Å². The van der Waals surface area contributed by atoms with Crippen LogP contribution in [-0.4, -0.2) is 23.5 Å². The van der Waals surface area contributed by atoms with E-state index < -0.39 is 0 Å². The van der Waals surface area contributed by atoms with Crippen LogP contribution in [0.2, 0.25) is 0 Å². The number of fused-ring (bicyclic) bond motifs is 1. The summed E-state index contributed by atoms with van der Waals surface area (Å²) in [5.74, 6) is -0.994. The molecule has 1 amide bonds. The van der Waals surface area contributed by atoms with Gasteiger partial charge >= 0.3 is 5.97 Å². The number of ether oxygens (including phenoxy) is 1. The average Bonchev–Trinajstić information content (AvgIpc) is 2.48. The number of nitrogens with one attached hydrogen (secondary N) is 1. The molecular formula is C15H16N2O3. The molecule has 0 bridgehead atoms. The molecule has 0 spiro atoms. The lowest BCUT2D eigenvalue weighted by Gasteiger charge is -2.35. The number of aromatic nitrogens is 1. The molecule has 2 aliphatic rings. The first-order valence-electron chi connectivity index (χ1n) is 6.80. The van der Waals surface area contributed by atoms with Crippen molar-refractivity contribution in [2.75, 3.05) is 11.9 Å². The van der Waals surface area contributed by atoms with E-state index in [0.717, 1.165) is 6.42 Å². The molecule has 1 saturated heterocycles. The lowest BCUT2D eigenvalue weighted by Crippen LogP contribution is -2.43. The largest absolute Gasteiger partial charge is 0.465 e. The Bertz CT molecular complexity index is 541. The number of nitrogens with zero attached hydrogens (tertiary/aromatic N) is 1. The van der Waals surface area contributed by atoms with Gasteiger partial charge < -0.3 is 10.1 Å². The Morgan fingerprint density at radius 2 is 2.35 bits per heavy atom. The average molecular weight is 272 g/mol. The van der Waals surface area contributed by atoms with Crippen LogP contribution in [0.1, 0.15) is 12.8 Å². The number of allylic oxidation sites excluding steroid dienone is 2. The second kappa shape index (κ2) is 5.45. The third-order valence-electron chi connectivity index (χ3n) is 3.90. The number of pyridine rings is 1. The van der Waals surface area contributed by atoms with Crippen LogP contribution in [0, 0.1) is 17.8 Å². The van der Waals surface area contributed by atoms with E-state index in [2.05, 4.69) is 10.3 Å². The summed E-state index contributed by atoms with van der Waals surface area (Å²) in [6, 6.07) is 3.54. The monoisotopic (exact) mass is 272 g/mol. The van der Waals surface area contributed by atoms with E-state index in [1.54, 1.807) is 24.5 Å². The molecule has 0 unspecified atom stereocenters. The maximum atomic E-state index is 12.4. The zero-order valence-electron chi connectivity index (χ0n) is 11.0. The van der Waals surface area contributed by atoms with Crippen molar-refractivity contribution in [1.82, 2.24) is 4.98 Å². The smallest absolute Gasteiger partial charge is 0.310 e. The molecule has 0 radical (unpaired) electrons. The number of carbonyl (C=O) groups is 2. The third-order valence-corrected chi connectivity index (χ3v) is 3.90. The van der Waals surface area contributed by atoms with Crippen LogP contribution in [0.15, 0.2) is 36.7 Å². The zero-order chi connectivity index (χ0) is 13.9. The summed E-state index contributed by atoms with van der Waals surface area (Å²) in [6.45, 7) is 0.446. The maximum Gasteiger partial charge on any atom is 0.310 e. The number of anilines is 1. The van der Waals surface area contributed by atoms with Gasteiger partial charge in [-0.15, -0.1) is 0 Å². The number of cyclic esters (lactones) is 1. The lowest BCUT2D eigenvalue weighted by atomic mass is 9.73. The molecule has 1 aliphatic heterocycles. The first-order valence-corrected chi connectivity index (χ1v) is 6.80. The first kappa shape index (κ1) is 12.8. The van der Waals surface area contributed by atoms with Crippen LogP contribution < -0.4 is 5.32 Å². The van der Waals surface area contributed by atoms with Crippen LogP contribution in [0.3, 0.4) is 0 Å². The van der Waals surface area contributed by atoms with Gasteiger partial charge in [0.1, 0.15) is 0 Å². The first-order chi connectivity index (χ1) is 9.75. The van der Waals surface area contributed by atoms with E-state index in [0.29, 0.717) is 18.7 Å². The molecule has 1 aliphatic carbocycles. The minimum atomic E-state index is -0.363. The van der Waals surface area contributed by atoms with E-state index in [4.69, 9.17) is 4.74 Å². The summed E-state index contributed by atoms with van der Waals surface area (Å²) in [6.07, 6.45) is 8.64. The van der Waals surface area contributed by atoms with Crippen molar-refractivity contribution < 1.29 is 14.3 Å². The minimum absolute atomic E-state index is 0.120. The topological polar surface area (TPSA) is 68.3 Å². The number of esters is 1. The lowest BCUT2D eigenvalue weighted by molar-refractivity contribution is -0.160. The van der Waals surface area contributed by atoms with E-state index in [1.807, 2.05) is 12.2 Å². The molecule has 104 valence electrons. The second-order valence-electron chi connectivity index (χ2n) is 5.15. The third kappa shape index (κ3) is 2.43. The number of amides is 1. The highest BCUT2D eigenvalue weighted by Gasteiger charge is 2.43. The van der Waals surface area contributed by atoms with Gasteiger partial charge in [-0.3, -0.25) is 14.6 Å². The van der Waals surface area contributed by atoms with Gasteiger partial charge in [0, 0.05) is 6.20 Å². The molecule has 1 N–H and O–H groups in total. The highest BCUT2D eigenvalue weighted by Crippen LogP contribution is 2.36. The van der Waals surface area contributed by atoms with Crippen LogP contribution in [0.25, 0.3) is 0 Å². The molecule has 0 aromatic carbocycles. The molecule has 5 heteroatoms. The summed E-state index contributed by atoms with van der Waals surface area (Å²) in [5, 5.41) is 2.82. The Morgan fingerprint density at radius 1 is 1.45 bits per heavy atom. The summed E-state index contributed by atoms with van der Waals surface area (Å²) >= 11 is 0. The van der Waals surface area contributed by atoms with E-state index in [-0.39, 0.29) is 29.6 Å². The Morgan fingerprint density at radius 3 is 3.15 bits per heavy atom. The van der Waals surface area contributed by atoms with Crippen molar-refractivity contribution in [2.24, 2.45) is 17.8 Å². The number of rotatable bonds is 2. The molecule has 1 aromatic heterocycles. The van der Waals surface area contributed by atoms with Crippen molar-refractivity contribution in [3.8, 4) is 0 Å². The molecule has 5 nitrogen and oxygen atoms in total. The number of carbonyl (C=O) groups excluding carboxylic acids is 2. The quantitative estimate of drug-likeness (QED) is 0.658. The summed E-state index contributed by atoms with van der Waals surface area (Å²) in [7, 11) is 0. The number of hydrogen-bond acceptors (Lipinski definition) is 4. The fraction of sp³-hybridized carbons (Fsp3) is 0.400. The molecule has 3 rings (SSSR count). The van der Waals surface area contributed by atoms with E-state index >= 15 is 0 Å². The van der Waals surface area contributed by atoms with Gasteiger partial charge in [0.15, 0.2) is 0 Å². The highest BCUT2D eigenvalue weighted by molar-refractivity contribution is 5.95. The van der Waals surface area contributed by atoms with Crippen molar-refractivity contribution in [1.29, 1.82) is 0 Å². The second-order valence-corrected chi connectivity index (χ2v) is 5.15.